The van der Waals surface area contributed by atoms with Crippen molar-refractivity contribution in [2.24, 2.45) is 0 Å². The van der Waals surface area contributed by atoms with Gasteiger partial charge in [0.05, 0.1) is 12.8 Å². The summed E-state index contributed by atoms with van der Waals surface area (Å²) < 4.78 is 20.2. The van der Waals surface area contributed by atoms with Crippen molar-refractivity contribution in [2.45, 2.75) is 0 Å². The van der Waals surface area contributed by atoms with E-state index < -0.39 is 13.6 Å². The average Bonchev–Trinajstić information content (AvgIpc) is 2.14. The molecule has 0 bridgehead atoms. The summed E-state index contributed by atoms with van der Waals surface area (Å²) in [5.41, 5.74) is 0. The van der Waals surface area contributed by atoms with Crippen molar-refractivity contribution in [1.82, 2.24) is 0 Å². The van der Waals surface area contributed by atoms with Gasteiger partial charge in [0.25, 0.3) is 0 Å². The SMILES string of the molecule is C=CCOP(=O)(O)CCOC(=O)C=C. The van der Waals surface area contributed by atoms with E-state index >= 15 is 0 Å². The van der Waals surface area contributed by atoms with Gasteiger partial charge in [-0.3, -0.25) is 4.57 Å². The molecule has 1 N–H and O–H groups in total. The van der Waals surface area contributed by atoms with Crippen molar-refractivity contribution in [3.8, 4) is 0 Å². The molecule has 1 unspecified atom stereocenters. The molecule has 0 aromatic heterocycles. The summed E-state index contributed by atoms with van der Waals surface area (Å²) in [6, 6.07) is 0. The van der Waals surface area contributed by atoms with Crippen molar-refractivity contribution >= 4 is 13.6 Å². The van der Waals surface area contributed by atoms with Gasteiger partial charge in [0, 0.05) is 6.08 Å². The third-order valence-electron chi connectivity index (χ3n) is 1.18. The van der Waals surface area contributed by atoms with Crippen molar-refractivity contribution < 1.29 is 23.5 Å². The normalized spacial score (nSPS) is 14.1. The molecule has 0 rings (SSSR count). The minimum atomic E-state index is -3.66. The maximum Gasteiger partial charge on any atom is 0.331 e. The Kier molecular flexibility index (Phi) is 6.12. The van der Waals surface area contributed by atoms with Crippen molar-refractivity contribution in [3.05, 3.63) is 25.3 Å². The second-order valence-corrected chi connectivity index (χ2v) is 4.30. The van der Waals surface area contributed by atoms with Gasteiger partial charge < -0.3 is 14.2 Å². The standard InChI is InChI=1S/C8H13O5P/c1-3-5-13-14(10,11)7-6-12-8(9)4-2/h3-4H,1-2,5-7H2,(H,10,11). The monoisotopic (exact) mass is 220 g/mol. The summed E-state index contributed by atoms with van der Waals surface area (Å²) in [6.45, 7) is 6.32. The molecule has 6 heteroatoms. The molecule has 0 aromatic carbocycles. The first-order valence-electron chi connectivity index (χ1n) is 3.88. The number of hydrogen-bond acceptors (Lipinski definition) is 4. The highest BCUT2D eigenvalue weighted by Crippen LogP contribution is 2.41. The summed E-state index contributed by atoms with van der Waals surface area (Å²) in [4.78, 5) is 19.6. The molecule has 0 saturated carbocycles. The van der Waals surface area contributed by atoms with Gasteiger partial charge in [0.2, 0.25) is 0 Å². The lowest BCUT2D eigenvalue weighted by molar-refractivity contribution is -0.137. The van der Waals surface area contributed by atoms with Crippen molar-refractivity contribution in [3.63, 3.8) is 0 Å². The molecule has 0 saturated heterocycles. The number of rotatable bonds is 7. The van der Waals surface area contributed by atoms with Gasteiger partial charge in [-0.1, -0.05) is 12.7 Å². The summed E-state index contributed by atoms with van der Waals surface area (Å²) in [5.74, 6) is -0.631. The first-order valence-corrected chi connectivity index (χ1v) is 5.64. The maximum atomic E-state index is 11.1. The molecular formula is C8H13O5P. The highest BCUT2D eigenvalue weighted by atomic mass is 31.2. The fourth-order valence-electron chi connectivity index (χ4n) is 0.554. The number of ether oxygens (including phenoxy) is 1. The van der Waals surface area contributed by atoms with Crippen LogP contribution in [0.15, 0.2) is 25.3 Å². The minimum Gasteiger partial charge on any atom is -0.462 e. The highest BCUT2D eigenvalue weighted by molar-refractivity contribution is 7.52. The molecular weight excluding hydrogens is 207 g/mol. The number of carbonyl (C=O) groups is 1. The maximum absolute atomic E-state index is 11.1. The zero-order chi connectivity index (χ0) is 11.0. The molecule has 0 spiro atoms. The van der Waals surface area contributed by atoms with Crippen LogP contribution in [0.4, 0.5) is 0 Å². The molecule has 0 radical (unpaired) electrons. The van der Waals surface area contributed by atoms with Gasteiger partial charge in [-0.15, -0.1) is 6.58 Å². The van der Waals surface area contributed by atoms with Gasteiger partial charge in [0.1, 0.15) is 6.61 Å². The van der Waals surface area contributed by atoms with Crippen LogP contribution >= 0.6 is 7.60 Å². The van der Waals surface area contributed by atoms with E-state index in [0.717, 1.165) is 6.08 Å². The van der Waals surface area contributed by atoms with Gasteiger partial charge in [-0.25, -0.2) is 4.79 Å². The predicted octanol–water partition coefficient (Wildman–Crippen LogP) is 1.10. The van der Waals surface area contributed by atoms with E-state index in [1.807, 2.05) is 0 Å². The van der Waals surface area contributed by atoms with Crippen LogP contribution in [0.2, 0.25) is 0 Å². The largest absolute Gasteiger partial charge is 0.462 e. The molecule has 0 aliphatic carbocycles. The lowest BCUT2D eigenvalue weighted by Gasteiger charge is -2.09. The zero-order valence-corrected chi connectivity index (χ0v) is 8.61. The van der Waals surface area contributed by atoms with Crippen molar-refractivity contribution in [2.75, 3.05) is 19.4 Å². The predicted molar refractivity (Wildman–Crippen MR) is 52.0 cm³/mol. The minimum absolute atomic E-state index is 0.0107. The van der Waals surface area contributed by atoms with E-state index in [4.69, 9.17) is 4.89 Å². The number of carbonyl (C=O) groups excluding carboxylic acids is 1. The number of hydrogen-bond donors (Lipinski definition) is 1. The molecule has 0 heterocycles. The van der Waals surface area contributed by atoms with Crippen molar-refractivity contribution in [1.29, 1.82) is 0 Å². The second kappa shape index (κ2) is 6.54. The highest BCUT2D eigenvalue weighted by Gasteiger charge is 2.18. The summed E-state index contributed by atoms with van der Waals surface area (Å²) >= 11 is 0. The lowest BCUT2D eigenvalue weighted by Crippen LogP contribution is -2.07. The van der Waals surface area contributed by atoms with Crippen LogP contribution in [-0.4, -0.2) is 30.2 Å². The Morgan fingerprint density at radius 3 is 2.64 bits per heavy atom. The zero-order valence-electron chi connectivity index (χ0n) is 7.72. The lowest BCUT2D eigenvalue weighted by atomic mass is 10.6. The van der Waals surface area contributed by atoms with E-state index in [1.54, 1.807) is 0 Å². The molecule has 0 aliphatic rings. The van der Waals surface area contributed by atoms with Crippen LogP contribution in [0, 0.1) is 0 Å². The van der Waals surface area contributed by atoms with Gasteiger partial charge in [-0.2, -0.15) is 0 Å². The summed E-state index contributed by atoms with van der Waals surface area (Å²) in [6.07, 6.45) is 2.10. The van der Waals surface area contributed by atoms with E-state index in [9.17, 15) is 9.36 Å². The van der Waals surface area contributed by atoms with E-state index in [1.165, 1.54) is 6.08 Å². The molecule has 80 valence electrons. The first kappa shape index (κ1) is 13.1. The van der Waals surface area contributed by atoms with Crippen LogP contribution in [0.1, 0.15) is 0 Å². The summed E-state index contributed by atoms with van der Waals surface area (Å²) in [5, 5.41) is 0. The van der Waals surface area contributed by atoms with E-state index in [-0.39, 0.29) is 19.4 Å². The Bertz CT molecular complexity index is 260. The Hall–Kier alpha value is -0.900. The number of esters is 1. The molecule has 0 aromatic rings. The van der Waals surface area contributed by atoms with E-state index in [2.05, 4.69) is 22.4 Å². The Morgan fingerprint density at radius 1 is 1.50 bits per heavy atom. The molecule has 0 fully saturated rings. The molecule has 14 heavy (non-hydrogen) atoms. The van der Waals surface area contributed by atoms with Gasteiger partial charge in [0.15, 0.2) is 0 Å². The Balaban J connectivity index is 3.75. The molecule has 5 nitrogen and oxygen atoms in total. The third kappa shape index (κ3) is 6.60. The third-order valence-corrected chi connectivity index (χ3v) is 2.48. The van der Waals surface area contributed by atoms with Crippen LogP contribution in [0.3, 0.4) is 0 Å². The fourth-order valence-corrected chi connectivity index (χ4v) is 1.34. The van der Waals surface area contributed by atoms with Crippen LogP contribution in [0.5, 0.6) is 0 Å². The molecule has 0 amide bonds. The van der Waals surface area contributed by atoms with Crippen LogP contribution < -0.4 is 0 Å². The Morgan fingerprint density at radius 2 is 2.14 bits per heavy atom. The van der Waals surface area contributed by atoms with Gasteiger partial charge in [-0.05, 0) is 0 Å². The quantitative estimate of drug-likeness (QED) is 0.301. The van der Waals surface area contributed by atoms with Gasteiger partial charge >= 0.3 is 13.6 Å². The molecule has 0 aliphatic heterocycles. The topological polar surface area (TPSA) is 72.8 Å². The fraction of sp³-hybridized carbons (Fsp3) is 0.375. The Labute approximate surface area is 82.6 Å². The van der Waals surface area contributed by atoms with Crippen LogP contribution in [0.25, 0.3) is 0 Å². The van der Waals surface area contributed by atoms with Crippen LogP contribution in [-0.2, 0) is 18.6 Å². The molecule has 1 atom stereocenters. The summed E-state index contributed by atoms with van der Waals surface area (Å²) in [7, 11) is -3.66. The average molecular weight is 220 g/mol. The smallest absolute Gasteiger partial charge is 0.331 e. The second-order valence-electron chi connectivity index (χ2n) is 2.32. The van der Waals surface area contributed by atoms with E-state index in [0.29, 0.717) is 0 Å². The first-order chi connectivity index (χ1) is 6.52.